The minimum atomic E-state index is -0.253. The van der Waals surface area contributed by atoms with Crippen LogP contribution in [0.3, 0.4) is 0 Å². The van der Waals surface area contributed by atoms with Crippen molar-refractivity contribution in [3.8, 4) is 0 Å². The van der Waals surface area contributed by atoms with E-state index in [-0.39, 0.29) is 18.2 Å². The normalized spacial score (nSPS) is 11.7. The van der Waals surface area contributed by atoms with E-state index in [1.165, 1.54) is 0 Å². The summed E-state index contributed by atoms with van der Waals surface area (Å²) >= 11 is 0. The van der Waals surface area contributed by atoms with Gasteiger partial charge in [0, 0.05) is 25.5 Å². The molecule has 3 aromatic heterocycles. The number of carbonyl (C=O) groups excluding carboxylic acids is 2. The van der Waals surface area contributed by atoms with Crippen LogP contribution in [0.4, 0.5) is 5.82 Å². The first kappa shape index (κ1) is 21.0. The van der Waals surface area contributed by atoms with Gasteiger partial charge >= 0.3 is 0 Å². The van der Waals surface area contributed by atoms with Crippen LogP contribution in [0.15, 0.2) is 42.7 Å². The van der Waals surface area contributed by atoms with Crippen molar-refractivity contribution in [1.29, 1.82) is 0 Å². The first-order valence-electron chi connectivity index (χ1n) is 9.68. The molecule has 156 valence electrons. The van der Waals surface area contributed by atoms with Crippen LogP contribution in [0, 0.1) is 5.92 Å². The molecule has 0 radical (unpaired) electrons. The van der Waals surface area contributed by atoms with Crippen molar-refractivity contribution in [1.82, 2.24) is 35.5 Å². The number of hydrogen-bond acceptors (Lipinski definition) is 7. The number of carbonyl (C=O) groups is 2. The zero-order valence-electron chi connectivity index (χ0n) is 16.9. The third-order valence-electron chi connectivity index (χ3n) is 4.45. The van der Waals surface area contributed by atoms with Gasteiger partial charge in [-0.05, 0) is 43.0 Å². The monoisotopic (exact) mass is 408 g/mol. The highest BCUT2D eigenvalue weighted by molar-refractivity contribution is 5.91. The van der Waals surface area contributed by atoms with Crippen molar-refractivity contribution in [2.45, 2.75) is 32.7 Å². The molecule has 2 amide bonds. The summed E-state index contributed by atoms with van der Waals surface area (Å²) < 4.78 is 1.67. The fourth-order valence-corrected chi connectivity index (χ4v) is 2.84. The maximum atomic E-state index is 12.1. The van der Waals surface area contributed by atoms with Gasteiger partial charge in [-0.25, -0.2) is 0 Å². The molecule has 2 N–H and O–H groups in total. The summed E-state index contributed by atoms with van der Waals surface area (Å²) in [6.45, 7) is 2.75. The van der Waals surface area contributed by atoms with Crippen molar-refractivity contribution in [3.05, 3.63) is 59.8 Å². The standard InChI is InChI=1S/C20H24N8O2/c1-14(12-28-13-17(25-27-28)20(30)21-2)6-7-15-8-9-18(26-24-15)23-19(29)11-16-5-3-4-10-22-16/h3-5,8-10,13-14H,6-7,11-12H2,1-2H3,(H,21,30)(H,23,26,29)/t14-/m0/s1. The van der Waals surface area contributed by atoms with Gasteiger partial charge in [0.15, 0.2) is 11.5 Å². The average molecular weight is 408 g/mol. The minimum Gasteiger partial charge on any atom is -0.354 e. The lowest BCUT2D eigenvalue weighted by Gasteiger charge is -2.10. The maximum absolute atomic E-state index is 12.1. The number of amides is 2. The summed E-state index contributed by atoms with van der Waals surface area (Å²) in [5.74, 6) is 0.283. The van der Waals surface area contributed by atoms with Crippen molar-refractivity contribution in [2.75, 3.05) is 12.4 Å². The number of aromatic nitrogens is 6. The molecule has 0 saturated heterocycles. The van der Waals surface area contributed by atoms with E-state index in [1.807, 2.05) is 12.1 Å². The summed E-state index contributed by atoms with van der Waals surface area (Å²) in [5, 5.41) is 21.4. The highest BCUT2D eigenvalue weighted by Crippen LogP contribution is 2.11. The van der Waals surface area contributed by atoms with Crippen molar-refractivity contribution in [2.24, 2.45) is 5.92 Å². The van der Waals surface area contributed by atoms with Gasteiger partial charge in [0.1, 0.15) is 0 Å². The predicted molar refractivity (Wildman–Crippen MR) is 109 cm³/mol. The number of rotatable bonds is 9. The molecule has 1 atom stereocenters. The Balaban J connectivity index is 1.44. The van der Waals surface area contributed by atoms with E-state index in [1.54, 1.807) is 42.3 Å². The van der Waals surface area contributed by atoms with Crippen LogP contribution in [-0.2, 0) is 24.2 Å². The van der Waals surface area contributed by atoms with E-state index in [0.717, 1.165) is 18.5 Å². The summed E-state index contributed by atoms with van der Waals surface area (Å²) in [7, 11) is 1.56. The maximum Gasteiger partial charge on any atom is 0.273 e. The second kappa shape index (κ2) is 10.2. The van der Waals surface area contributed by atoms with Gasteiger partial charge < -0.3 is 10.6 Å². The fourth-order valence-electron chi connectivity index (χ4n) is 2.84. The highest BCUT2D eigenvalue weighted by Gasteiger charge is 2.11. The molecule has 3 heterocycles. The number of aryl methyl sites for hydroxylation is 1. The first-order chi connectivity index (χ1) is 14.5. The Labute approximate surface area is 174 Å². The molecule has 0 saturated carbocycles. The molecule has 10 nitrogen and oxygen atoms in total. The average Bonchev–Trinajstić information content (AvgIpc) is 3.21. The molecule has 0 spiro atoms. The Morgan fingerprint density at radius 1 is 1.10 bits per heavy atom. The third-order valence-corrected chi connectivity index (χ3v) is 4.45. The quantitative estimate of drug-likeness (QED) is 0.546. The van der Waals surface area contributed by atoms with Crippen molar-refractivity contribution >= 4 is 17.6 Å². The number of hydrogen-bond donors (Lipinski definition) is 2. The first-order valence-corrected chi connectivity index (χ1v) is 9.68. The molecule has 30 heavy (non-hydrogen) atoms. The summed E-state index contributed by atoms with van der Waals surface area (Å²) in [4.78, 5) is 27.7. The Bertz CT molecular complexity index is 972. The van der Waals surface area contributed by atoms with Crippen LogP contribution in [0.25, 0.3) is 0 Å². The van der Waals surface area contributed by atoms with Crippen molar-refractivity contribution in [3.63, 3.8) is 0 Å². The largest absolute Gasteiger partial charge is 0.354 e. The predicted octanol–water partition coefficient (Wildman–Crippen LogP) is 1.27. The van der Waals surface area contributed by atoms with E-state index < -0.39 is 0 Å². The zero-order chi connectivity index (χ0) is 21.3. The lowest BCUT2D eigenvalue weighted by atomic mass is 10.0. The van der Waals surface area contributed by atoms with Gasteiger partial charge in [-0.1, -0.05) is 18.2 Å². The van der Waals surface area contributed by atoms with E-state index in [9.17, 15) is 9.59 Å². The third kappa shape index (κ3) is 6.16. The smallest absolute Gasteiger partial charge is 0.273 e. The number of pyridine rings is 1. The Kier molecular flexibility index (Phi) is 7.14. The Hall–Kier alpha value is -3.69. The summed E-state index contributed by atoms with van der Waals surface area (Å²) in [6.07, 6.45) is 5.09. The molecule has 0 aromatic carbocycles. The van der Waals surface area contributed by atoms with E-state index >= 15 is 0 Å². The molecular formula is C20H24N8O2. The van der Waals surface area contributed by atoms with Crippen LogP contribution in [0.2, 0.25) is 0 Å². The molecule has 0 aliphatic rings. The summed E-state index contributed by atoms with van der Waals surface area (Å²) in [6, 6.07) is 9.05. The van der Waals surface area contributed by atoms with Crippen LogP contribution in [0.5, 0.6) is 0 Å². The van der Waals surface area contributed by atoms with Crippen molar-refractivity contribution < 1.29 is 9.59 Å². The molecular weight excluding hydrogens is 384 g/mol. The van der Waals surface area contributed by atoms with E-state index in [4.69, 9.17) is 0 Å². The number of anilines is 1. The molecule has 0 aliphatic carbocycles. The lowest BCUT2D eigenvalue weighted by Crippen LogP contribution is -2.18. The molecule has 0 bridgehead atoms. The molecule has 0 aliphatic heterocycles. The molecule has 0 unspecified atom stereocenters. The molecule has 10 heteroatoms. The highest BCUT2D eigenvalue weighted by atomic mass is 16.2. The number of nitrogens with zero attached hydrogens (tertiary/aromatic N) is 6. The molecule has 3 rings (SSSR count). The van der Waals surface area contributed by atoms with Gasteiger partial charge in [0.05, 0.1) is 18.3 Å². The molecule has 0 fully saturated rings. The summed E-state index contributed by atoms with van der Waals surface area (Å²) in [5.41, 5.74) is 1.84. The van der Waals surface area contributed by atoms with Crippen LogP contribution in [-0.4, -0.2) is 49.0 Å². The Morgan fingerprint density at radius 3 is 2.67 bits per heavy atom. The second-order valence-electron chi connectivity index (χ2n) is 7.00. The second-order valence-corrected chi connectivity index (χ2v) is 7.00. The van der Waals surface area contributed by atoms with Gasteiger partial charge in [-0.15, -0.1) is 10.2 Å². The van der Waals surface area contributed by atoms with Crippen LogP contribution in [0.1, 0.15) is 35.2 Å². The number of nitrogens with one attached hydrogen (secondary N) is 2. The molecule has 3 aromatic rings. The van der Waals surface area contributed by atoms with Gasteiger partial charge in [0.2, 0.25) is 5.91 Å². The topological polar surface area (TPSA) is 128 Å². The van der Waals surface area contributed by atoms with E-state index in [0.29, 0.717) is 29.7 Å². The minimum absolute atomic E-state index is 0.186. The fraction of sp³-hybridized carbons (Fsp3) is 0.350. The van der Waals surface area contributed by atoms with Crippen LogP contribution < -0.4 is 10.6 Å². The van der Waals surface area contributed by atoms with Crippen LogP contribution >= 0.6 is 0 Å². The Morgan fingerprint density at radius 2 is 1.97 bits per heavy atom. The van der Waals surface area contributed by atoms with Gasteiger partial charge in [-0.3, -0.25) is 19.3 Å². The zero-order valence-corrected chi connectivity index (χ0v) is 16.9. The van der Waals surface area contributed by atoms with Gasteiger partial charge in [-0.2, -0.15) is 5.10 Å². The lowest BCUT2D eigenvalue weighted by molar-refractivity contribution is -0.115. The van der Waals surface area contributed by atoms with Gasteiger partial charge in [0.25, 0.3) is 5.91 Å². The van der Waals surface area contributed by atoms with E-state index in [2.05, 4.69) is 43.1 Å². The SMILES string of the molecule is CNC(=O)c1cn(C[C@@H](C)CCc2ccc(NC(=O)Cc3ccccn3)nn2)nn1.